The van der Waals surface area contributed by atoms with Crippen molar-refractivity contribution < 1.29 is 19.1 Å². The zero-order valence-electron chi connectivity index (χ0n) is 12.3. The molecule has 1 aromatic rings. The molecule has 2 saturated heterocycles. The summed E-state index contributed by atoms with van der Waals surface area (Å²) in [7, 11) is 0. The number of hydrogen-bond donors (Lipinski definition) is 2. The second kappa shape index (κ2) is 6.97. The molecule has 6 nitrogen and oxygen atoms in total. The van der Waals surface area contributed by atoms with Gasteiger partial charge in [0, 0.05) is 6.04 Å². The largest absolute Gasteiger partial charge is 0.460 e. The maximum Gasteiger partial charge on any atom is 0.338 e. The summed E-state index contributed by atoms with van der Waals surface area (Å²) < 4.78 is 5.29. The van der Waals surface area contributed by atoms with Crippen LogP contribution in [0.5, 0.6) is 0 Å². The number of rotatable bonds is 4. The van der Waals surface area contributed by atoms with Crippen LogP contribution in [0.25, 0.3) is 6.08 Å². The summed E-state index contributed by atoms with van der Waals surface area (Å²) >= 11 is 0.864. The number of imide groups is 1. The molecule has 0 radical (unpaired) electrons. The summed E-state index contributed by atoms with van der Waals surface area (Å²) in [5.74, 6) is -0.756. The number of thioether (sulfide) groups is 1. The first-order chi connectivity index (χ1) is 11.1. The Balaban J connectivity index is 1.60. The molecule has 1 atom stereocenters. The van der Waals surface area contributed by atoms with Gasteiger partial charge in [-0.05, 0) is 54.9 Å². The van der Waals surface area contributed by atoms with Gasteiger partial charge in [0.2, 0.25) is 0 Å². The highest BCUT2D eigenvalue weighted by atomic mass is 32.2. The first-order valence-electron chi connectivity index (χ1n) is 7.37. The van der Waals surface area contributed by atoms with Crippen LogP contribution in [0.3, 0.4) is 0 Å². The molecule has 2 N–H and O–H groups in total. The van der Waals surface area contributed by atoms with Crippen molar-refractivity contribution in [3.05, 3.63) is 40.3 Å². The Hall–Kier alpha value is -2.12. The first-order valence-corrected chi connectivity index (χ1v) is 8.19. The van der Waals surface area contributed by atoms with Crippen molar-refractivity contribution in [2.45, 2.75) is 18.9 Å². The molecule has 2 aliphatic heterocycles. The van der Waals surface area contributed by atoms with Crippen LogP contribution in [0.1, 0.15) is 28.8 Å². The molecule has 2 heterocycles. The zero-order valence-corrected chi connectivity index (χ0v) is 13.2. The van der Waals surface area contributed by atoms with Gasteiger partial charge in [0.05, 0.1) is 10.5 Å². The van der Waals surface area contributed by atoms with Crippen LogP contribution in [-0.4, -0.2) is 36.3 Å². The smallest absolute Gasteiger partial charge is 0.338 e. The molecule has 120 valence electrons. The minimum Gasteiger partial charge on any atom is -0.460 e. The Bertz CT molecular complexity index is 663. The van der Waals surface area contributed by atoms with E-state index in [1.54, 1.807) is 30.3 Å². The van der Waals surface area contributed by atoms with E-state index in [4.69, 9.17) is 4.74 Å². The highest BCUT2D eigenvalue weighted by Gasteiger charge is 2.24. The molecule has 2 aliphatic rings. The van der Waals surface area contributed by atoms with Crippen molar-refractivity contribution in [1.29, 1.82) is 0 Å². The maximum atomic E-state index is 12.0. The van der Waals surface area contributed by atoms with E-state index in [9.17, 15) is 14.4 Å². The molecule has 3 rings (SSSR count). The van der Waals surface area contributed by atoms with Gasteiger partial charge in [0.15, 0.2) is 0 Å². The molecule has 0 saturated carbocycles. The molecule has 0 aliphatic carbocycles. The van der Waals surface area contributed by atoms with Crippen LogP contribution in [0.4, 0.5) is 4.79 Å². The zero-order chi connectivity index (χ0) is 16.2. The van der Waals surface area contributed by atoms with Crippen molar-refractivity contribution in [2.24, 2.45) is 0 Å². The Morgan fingerprint density at radius 1 is 1.30 bits per heavy atom. The molecule has 0 unspecified atom stereocenters. The third-order valence-corrected chi connectivity index (χ3v) is 4.47. The van der Waals surface area contributed by atoms with E-state index in [0.29, 0.717) is 17.1 Å². The number of benzene rings is 1. The summed E-state index contributed by atoms with van der Waals surface area (Å²) in [6.45, 7) is 1.35. The predicted octanol–water partition coefficient (Wildman–Crippen LogP) is 1.92. The molecule has 0 bridgehead atoms. The minimum absolute atomic E-state index is 0.249. The van der Waals surface area contributed by atoms with Gasteiger partial charge >= 0.3 is 5.97 Å². The van der Waals surface area contributed by atoms with Crippen molar-refractivity contribution in [2.75, 3.05) is 13.2 Å². The van der Waals surface area contributed by atoms with Gasteiger partial charge in [0.25, 0.3) is 11.1 Å². The maximum absolute atomic E-state index is 12.0. The number of carbonyl (C=O) groups excluding carboxylic acids is 3. The molecule has 2 amide bonds. The fourth-order valence-electron chi connectivity index (χ4n) is 2.45. The fraction of sp³-hybridized carbons (Fsp3) is 0.312. The Morgan fingerprint density at radius 2 is 2.09 bits per heavy atom. The minimum atomic E-state index is -0.396. The number of hydrogen-bond acceptors (Lipinski definition) is 6. The van der Waals surface area contributed by atoms with Gasteiger partial charge in [0.1, 0.15) is 6.61 Å². The Labute approximate surface area is 137 Å². The summed E-state index contributed by atoms with van der Waals surface area (Å²) in [6.07, 6.45) is 3.75. The number of amides is 2. The number of carbonyl (C=O) groups is 3. The molecule has 0 aromatic heterocycles. The van der Waals surface area contributed by atoms with Crippen LogP contribution < -0.4 is 10.6 Å². The highest BCUT2D eigenvalue weighted by Crippen LogP contribution is 2.25. The van der Waals surface area contributed by atoms with Crippen molar-refractivity contribution in [3.8, 4) is 0 Å². The normalized spacial score (nSPS) is 22.4. The highest BCUT2D eigenvalue weighted by molar-refractivity contribution is 8.18. The lowest BCUT2D eigenvalue weighted by atomic mass is 10.1. The molecule has 7 heteroatoms. The van der Waals surface area contributed by atoms with Gasteiger partial charge in [-0.1, -0.05) is 12.1 Å². The average Bonchev–Trinajstić information content (AvgIpc) is 3.16. The summed E-state index contributed by atoms with van der Waals surface area (Å²) in [4.78, 5) is 34.9. The van der Waals surface area contributed by atoms with Crippen LogP contribution in [0, 0.1) is 0 Å². The van der Waals surface area contributed by atoms with Crippen LogP contribution >= 0.6 is 11.8 Å². The third-order valence-electron chi connectivity index (χ3n) is 3.66. The SMILES string of the molecule is O=C1NC(=O)/C(=C/c2ccc(C(=O)OC[C@@H]3CCCN3)cc2)S1. The second-order valence-corrected chi connectivity index (χ2v) is 6.38. The first kappa shape index (κ1) is 15.8. The average molecular weight is 332 g/mol. The van der Waals surface area contributed by atoms with E-state index < -0.39 is 5.91 Å². The van der Waals surface area contributed by atoms with Crippen molar-refractivity contribution in [3.63, 3.8) is 0 Å². The lowest BCUT2D eigenvalue weighted by Gasteiger charge is -2.10. The molecular formula is C16H16N2O4S. The van der Waals surface area contributed by atoms with E-state index in [0.717, 1.165) is 36.7 Å². The van der Waals surface area contributed by atoms with E-state index >= 15 is 0 Å². The van der Waals surface area contributed by atoms with Gasteiger partial charge in [-0.15, -0.1) is 0 Å². The predicted molar refractivity (Wildman–Crippen MR) is 86.9 cm³/mol. The number of esters is 1. The molecular weight excluding hydrogens is 316 g/mol. The number of nitrogens with one attached hydrogen (secondary N) is 2. The molecule has 0 spiro atoms. The topological polar surface area (TPSA) is 84.5 Å². The molecule has 2 fully saturated rings. The van der Waals surface area contributed by atoms with E-state index in [1.165, 1.54) is 0 Å². The van der Waals surface area contributed by atoms with Crippen molar-refractivity contribution in [1.82, 2.24) is 10.6 Å². The second-order valence-electron chi connectivity index (χ2n) is 5.37. The fourth-order valence-corrected chi connectivity index (χ4v) is 3.13. The monoisotopic (exact) mass is 332 g/mol. The van der Waals surface area contributed by atoms with E-state index in [-0.39, 0.29) is 17.3 Å². The Kier molecular flexibility index (Phi) is 4.78. The quantitative estimate of drug-likeness (QED) is 0.647. The van der Waals surface area contributed by atoms with E-state index in [2.05, 4.69) is 10.6 Å². The Morgan fingerprint density at radius 3 is 2.70 bits per heavy atom. The van der Waals surface area contributed by atoms with Gasteiger partial charge < -0.3 is 10.1 Å². The lowest BCUT2D eigenvalue weighted by molar-refractivity contribution is -0.115. The summed E-state index contributed by atoms with van der Waals surface area (Å²) in [5, 5.41) is 5.09. The third kappa shape index (κ3) is 4.00. The summed E-state index contributed by atoms with van der Waals surface area (Å²) in [6, 6.07) is 6.98. The van der Waals surface area contributed by atoms with Crippen LogP contribution in [-0.2, 0) is 9.53 Å². The van der Waals surface area contributed by atoms with Crippen LogP contribution in [0.2, 0.25) is 0 Å². The van der Waals surface area contributed by atoms with E-state index in [1.807, 2.05) is 0 Å². The molecule has 23 heavy (non-hydrogen) atoms. The van der Waals surface area contributed by atoms with Crippen LogP contribution in [0.15, 0.2) is 29.2 Å². The van der Waals surface area contributed by atoms with Gasteiger partial charge in [-0.3, -0.25) is 14.9 Å². The standard InChI is InChI=1S/C16H16N2O4S/c19-14-13(23-16(21)18-14)8-10-3-5-11(6-4-10)15(20)22-9-12-2-1-7-17-12/h3-6,8,12,17H,1-2,7,9H2,(H,18,19,21)/b13-8-/t12-/m0/s1. The van der Waals surface area contributed by atoms with Gasteiger partial charge in [-0.25, -0.2) is 4.79 Å². The van der Waals surface area contributed by atoms with Crippen molar-refractivity contribution >= 4 is 35.0 Å². The summed E-state index contributed by atoms with van der Waals surface area (Å²) in [5.41, 5.74) is 1.20. The molecule has 1 aromatic carbocycles. The number of ether oxygens (including phenoxy) is 1. The van der Waals surface area contributed by atoms with Gasteiger partial charge in [-0.2, -0.15) is 0 Å². The lowest BCUT2D eigenvalue weighted by Crippen LogP contribution is -2.28.